The summed E-state index contributed by atoms with van der Waals surface area (Å²) in [5.74, 6) is 0.165. The molecule has 11 heteroatoms. The third-order valence-electron chi connectivity index (χ3n) is 5.97. The van der Waals surface area contributed by atoms with E-state index in [0.29, 0.717) is 22.3 Å². The molecule has 1 unspecified atom stereocenters. The summed E-state index contributed by atoms with van der Waals surface area (Å²) in [6.45, 7) is 3.46. The van der Waals surface area contributed by atoms with Gasteiger partial charge in [0.1, 0.15) is 10.6 Å². The molecule has 4 aromatic rings. The van der Waals surface area contributed by atoms with Gasteiger partial charge in [-0.25, -0.2) is 4.79 Å². The third kappa shape index (κ3) is 5.80. The Balaban J connectivity index is 1.33. The smallest absolute Gasteiger partial charge is 0.341 e. The van der Waals surface area contributed by atoms with Crippen molar-refractivity contribution >= 4 is 51.3 Å². The van der Waals surface area contributed by atoms with Gasteiger partial charge in [0.15, 0.2) is 11.0 Å². The number of aryl methyl sites for hydroxylation is 1. The largest absolute Gasteiger partial charge is 0.465 e. The molecule has 4 heterocycles. The number of amides is 1. The van der Waals surface area contributed by atoms with Gasteiger partial charge in [0.05, 0.1) is 25.5 Å². The molecule has 37 heavy (non-hydrogen) atoms. The van der Waals surface area contributed by atoms with Crippen molar-refractivity contribution in [2.45, 2.75) is 37.6 Å². The zero-order chi connectivity index (χ0) is 25.8. The molecule has 0 bridgehead atoms. The van der Waals surface area contributed by atoms with Crippen molar-refractivity contribution in [2.75, 3.05) is 24.8 Å². The summed E-state index contributed by atoms with van der Waals surface area (Å²) >= 11 is 4.28. The summed E-state index contributed by atoms with van der Waals surface area (Å²) in [6.07, 6.45) is 2.13. The lowest BCUT2D eigenvalue weighted by Crippen LogP contribution is -2.18. The molecule has 0 spiro atoms. The van der Waals surface area contributed by atoms with Gasteiger partial charge < -0.3 is 14.8 Å². The minimum Gasteiger partial charge on any atom is -0.465 e. The molecule has 0 saturated carbocycles. The lowest BCUT2D eigenvalue weighted by Gasteiger charge is -2.14. The first-order valence-electron chi connectivity index (χ1n) is 11.8. The van der Waals surface area contributed by atoms with Crippen molar-refractivity contribution in [2.24, 2.45) is 0 Å². The summed E-state index contributed by atoms with van der Waals surface area (Å²) in [5, 5.41) is 16.8. The average Bonchev–Trinajstić information content (AvgIpc) is 3.71. The fourth-order valence-corrected chi connectivity index (χ4v) is 6.61. The van der Waals surface area contributed by atoms with E-state index in [1.54, 1.807) is 11.3 Å². The highest BCUT2D eigenvalue weighted by Gasteiger charge is 2.24. The molecular weight excluding hydrogens is 529 g/mol. The van der Waals surface area contributed by atoms with Crippen LogP contribution in [0.2, 0.25) is 0 Å². The maximum Gasteiger partial charge on any atom is 0.341 e. The van der Waals surface area contributed by atoms with Crippen LogP contribution in [0.15, 0.2) is 52.3 Å². The van der Waals surface area contributed by atoms with Crippen LogP contribution in [-0.4, -0.2) is 52.2 Å². The Hall–Kier alpha value is -2.99. The van der Waals surface area contributed by atoms with Crippen LogP contribution >= 0.6 is 34.4 Å². The van der Waals surface area contributed by atoms with Gasteiger partial charge in [0.2, 0.25) is 5.91 Å². The van der Waals surface area contributed by atoms with Crippen LogP contribution < -0.4 is 5.32 Å². The molecule has 1 fully saturated rings. The second kappa shape index (κ2) is 11.6. The second-order valence-electron chi connectivity index (χ2n) is 8.55. The molecule has 1 aromatic carbocycles. The van der Waals surface area contributed by atoms with Crippen LogP contribution in [0.1, 0.15) is 28.1 Å². The van der Waals surface area contributed by atoms with Gasteiger partial charge >= 0.3 is 5.97 Å². The number of aromatic nitrogens is 3. The lowest BCUT2D eigenvalue weighted by atomic mass is 10.0. The van der Waals surface area contributed by atoms with E-state index in [9.17, 15) is 9.59 Å². The molecule has 1 aliphatic rings. The summed E-state index contributed by atoms with van der Waals surface area (Å²) in [6, 6.07) is 11.7. The molecular formula is C26H26N4O4S3. The quantitative estimate of drug-likeness (QED) is 0.208. The van der Waals surface area contributed by atoms with Crippen molar-refractivity contribution in [3.05, 3.63) is 57.6 Å². The van der Waals surface area contributed by atoms with Crippen LogP contribution in [0, 0.1) is 6.92 Å². The van der Waals surface area contributed by atoms with E-state index < -0.39 is 5.97 Å². The fraction of sp³-hybridized carbons (Fsp3) is 0.308. The maximum atomic E-state index is 13.0. The number of rotatable bonds is 9. The highest BCUT2D eigenvalue weighted by Crippen LogP contribution is 2.36. The van der Waals surface area contributed by atoms with Crippen LogP contribution in [0.3, 0.4) is 0 Å². The Kier molecular flexibility index (Phi) is 8.04. The monoisotopic (exact) mass is 554 g/mol. The number of esters is 1. The third-order valence-corrected chi connectivity index (χ3v) is 8.69. The Labute approximate surface area is 227 Å². The molecule has 1 aliphatic heterocycles. The molecule has 3 aromatic heterocycles. The standard InChI is InChI=1S/C26H26N4O4S3/c1-16-11-18(13-35-16)23-28-29-26(30(23)12-19-9-6-10-34-19)37-15-21(31)27-24-22(25(32)33-2)20(14-36-24)17-7-4-3-5-8-17/h3-5,7-8,11,13-14,19H,6,9-10,12,15H2,1-2H3,(H,27,31). The van der Waals surface area contributed by atoms with Crippen LogP contribution in [-0.2, 0) is 20.8 Å². The van der Waals surface area contributed by atoms with Gasteiger partial charge in [-0.05, 0) is 31.4 Å². The van der Waals surface area contributed by atoms with Gasteiger partial charge in [0, 0.05) is 33.4 Å². The zero-order valence-corrected chi connectivity index (χ0v) is 22.9. The van der Waals surface area contributed by atoms with E-state index in [-0.39, 0.29) is 17.8 Å². The maximum absolute atomic E-state index is 13.0. The number of carbonyl (C=O) groups excluding carboxylic acids is 2. The number of nitrogens with one attached hydrogen (secondary N) is 1. The zero-order valence-electron chi connectivity index (χ0n) is 20.4. The highest BCUT2D eigenvalue weighted by molar-refractivity contribution is 7.99. The van der Waals surface area contributed by atoms with Crippen molar-refractivity contribution in [1.29, 1.82) is 0 Å². The van der Waals surface area contributed by atoms with E-state index in [2.05, 4.69) is 33.9 Å². The number of carbonyl (C=O) groups is 2. The molecule has 0 radical (unpaired) electrons. The average molecular weight is 555 g/mol. The number of hydrogen-bond donors (Lipinski definition) is 1. The predicted octanol–water partition coefficient (Wildman–Crippen LogP) is 5.74. The number of ether oxygens (including phenoxy) is 2. The summed E-state index contributed by atoms with van der Waals surface area (Å²) in [4.78, 5) is 26.8. The predicted molar refractivity (Wildman–Crippen MR) is 147 cm³/mol. The summed E-state index contributed by atoms with van der Waals surface area (Å²) in [5.41, 5.74) is 2.98. The number of hydrogen-bond acceptors (Lipinski definition) is 9. The van der Waals surface area contributed by atoms with E-state index in [0.717, 1.165) is 42.0 Å². The first-order chi connectivity index (χ1) is 18.0. The van der Waals surface area contributed by atoms with Crippen LogP contribution in [0.25, 0.3) is 22.5 Å². The van der Waals surface area contributed by atoms with Gasteiger partial charge in [0.25, 0.3) is 0 Å². The van der Waals surface area contributed by atoms with Crippen molar-refractivity contribution < 1.29 is 19.1 Å². The van der Waals surface area contributed by atoms with E-state index in [4.69, 9.17) is 9.47 Å². The second-order valence-corrected chi connectivity index (χ2v) is 11.5. The molecule has 1 atom stereocenters. The number of thiophene rings is 2. The van der Waals surface area contributed by atoms with E-state index in [1.165, 1.54) is 35.1 Å². The van der Waals surface area contributed by atoms with Gasteiger partial charge in [-0.15, -0.1) is 32.9 Å². The summed E-state index contributed by atoms with van der Waals surface area (Å²) < 4.78 is 12.9. The minimum absolute atomic E-state index is 0.104. The molecule has 1 saturated heterocycles. The molecule has 5 rings (SSSR count). The molecule has 8 nitrogen and oxygen atoms in total. The molecule has 1 N–H and O–H groups in total. The number of anilines is 1. The van der Waals surface area contributed by atoms with Crippen LogP contribution in [0.4, 0.5) is 5.00 Å². The van der Waals surface area contributed by atoms with Crippen LogP contribution in [0.5, 0.6) is 0 Å². The Morgan fingerprint density at radius 1 is 1.19 bits per heavy atom. The van der Waals surface area contributed by atoms with E-state index >= 15 is 0 Å². The lowest BCUT2D eigenvalue weighted by molar-refractivity contribution is -0.113. The number of nitrogens with zero attached hydrogens (tertiary/aromatic N) is 3. The number of thioether (sulfide) groups is 1. The SMILES string of the molecule is COC(=O)c1c(-c2ccccc2)csc1NC(=O)CSc1nnc(-c2csc(C)c2)n1CC1CCCO1. The Morgan fingerprint density at radius 3 is 2.73 bits per heavy atom. The Bertz CT molecular complexity index is 1390. The van der Waals surface area contributed by atoms with Gasteiger partial charge in [-0.3, -0.25) is 9.36 Å². The van der Waals surface area contributed by atoms with Crippen molar-refractivity contribution in [1.82, 2.24) is 14.8 Å². The molecule has 0 aliphatic carbocycles. The number of benzene rings is 1. The van der Waals surface area contributed by atoms with Crippen molar-refractivity contribution in [3.8, 4) is 22.5 Å². The highest BCUT2D eigenvalue weighted by atomic mass is 32.2. The van der Waals surface area contributed by atoms with E-state index in [1.807, 2.05) is 40.3 Å². The Morgan fingerprint density at radius 2 is 2.03 bits per heavy atom. The van der Waals surface area contributed by atoms with Crippen molar-refractivity contribution in [3.63, 3.8) is 0 Å². The number of methoxy groups -OCH3 is 1. The summed E-state index contributed by atoms with van der Waals surface area (Å²) in [7, 11) is 1.34. The fourth-order valence-electron chi connectivity index (χ4n) is 4.20. The topological polar surface area (TPSA) is 95.3 Å². The first kappa shape index (κ1) is 25.7. The minimum atomic E-state index is -0.491. The normalized spacial score (nSPS) is 15.1. The first-order valence-corrected chi connectivity index (χ1v) is 14.6. The van der Waals surface area contributed by atoms with Gasteiger partial charge in [-0.1, -0.05) is 42.1 Å². The molecule has 1 amide bonds. The van der Waals surface area contributed by atoms with Gasteiger partial charge in [-0.2, -0.15) is 0 Å². The molecule has 192 valence electrons.